The number of esters is 1. The van der Waals surface area contributed by atoms with Crippen LogP contribution in [0, 0.1) is 5.92 Å². The molecule has 0 radical (unpaired) electrons. The lowest BCUT2D eigenvalue weighted by Crippen LogP contribution is -2.47. The van der Waals surface area contributed by atoms with E-state index in [-0.39, 0.29) is 17.7 Å². The van der Waals surface area contributed by atoms with Gasteiger partial charge in [-0.05, 0) is 48.4 Å². The molecule has 0 saturated heterocycles. The average molecular weight is 384 g/mol. The first-order chi connectivity index (χ1) is 13.3. The summed E-state index contributed by atoms with van der Waals surface area (Å²) in [6, 6.07) is 12.3. The Labute approximate surface area is 164 Å². The summed E-state index contributed by atoms with van der Waals surface area (Å²) >= 11 is 0. The van der Waals surface area contributed by atoms with Gasteiger partial charge in [0, 0.05) is 11.3 Å². The van der Waals surface area contributed by atoms with E-state index in [2.05, 4.69) is 15.4 Å². The quantitative estimate of drug-likeness (QED) is 0.716. The van der Waals surface area contributed by atoms with Crippen molar-refractivity contribution in [2.75, 3.05) is 19.5 Å². The van der Waals surface area contributed by atoms with Gasteiger partial charge in [-0.3, -0.25) is 9.59 Å². The maximum absolute atomic E-state index is 12.7. The SMILES string of the molecule is COC(=O)c1cccc(NC(=O)[C@@H](NC(=O)c2ccc(OC)cc2)C(C)C)c1. The highest BCUT2D eigenvalue weighted by Crippen LogP contribution is 2.15. The molecule has 0 fully saturated rings. The molecule has 0 saturated carbocycles. The van der Waals surface area contributed by atoms with Crippen LogP contribution < -0.4 is 15.4 Å². The van der Waals surface area contributed by atoms with Gasteiger partial charge in [-0.1, -0.05) is 19.9 Å². The second kappa shape index (κ2) is 9.55. The predicted octanol–water partition coefficient (Wildman–Crippen LogP) is 2.87. The van der Waals surface area contributed by atoms with Crippen LogP contribution in [0.5, 0.6) is 5.75 Å². The number of benzene rings is 2. The molecule has 2 amide bonds. The van der Waals surface area contributed by atoms with E-state index in [1.54, 1.807) is 49.6 Å². The zero-order valence-corrected chi connectivity index (χ0v) is 16.3. The number of nitrogens with one attached hydrogen (secondary N) is 2. The van der Waals surface area contributed by atoms with Crippen LogP contribution in [-0.4, -0.2) is 38.0 Å². The number of hydrogen-bond donors (Lipinski definition) is 2. The maximum Gasteiger partial charge on any atom is 0.337 e. The molecule has 2 aromatic rings. The Kier molecular flexibility index (Phi) is 7.14. The first kappa shape index (κ1) is 21.0. The third kappa shape index (κ3) is 5.33. The van der Waals surface area contributed by atoms with Gasteiger partial charge in [0.1, 0.15) is 11.8 Å². The number of hydrogen-bond acceptors (Lipinski definition) is 5. The van der Waals surface area contributed by atoms with Crippen molar-refractivity contribution in [1.29, 1.82) is 0 Å². The number of methoxy groups -OCH3 is 2. The number of carbonyl (C=O) groups is 3. The molecular weight excluding hydrogens is 360 g/mol. The average Bonchev–Trinajstić information content (AvgIpc) is 2.71. The van der Waals surface area contributed by atoms with Gasteiger partial charge in [0.25, 0.3) is 5.91 Å². The minimum Gasteiger partial charge on any atom is -0.497 e. The summed E-state index contributed by atoms with van der Waals surface area (Å²) in [7, 11) is 2.83. The smallest absolute Gasteiger partial charge is 0.337 e. The van der Waals surface area contributed by atoms with Crippen LogP contribution in [0.1, 0.15) is 34.6 Å². The van der Waals surface area contributed by atoms with E-state index in [0.29, 0.717) is 22.6 Å². The molecular formula is C21H24N2O5. The van der Waals surface area contributed by atoms with Gasteiger partial charge >= 0.3 is 5.97 Å². The van der Waals surface area contributed by atoms with Gasteiger partial charge in [0.15, 0.2) is 0 Å². The first-order valence-electron chi connectivity index (χ1n) is 8.80. The highest BCUT2D eigenvalue weighted by molar-refractivity contribution is 6.02. The van der Waals surface area contributed by atoms with Gasteiger partial charge in [0.2, 0.25) is 5.91 Å². The van der Waals surface area contributed by atoms with E-state index >= 15 is 0 Å². The summed E-state index contributed by atoms with van der Waals surface area (Å²) < 4.78 is 9.76. The van der Waals surface area contributed by atoms with Crippen molar-refractivity contribution in [3.63, 3.8) is 0 Å². The first-order valence-corrected chi connectivity index (χ1v) is 8.80. The Bertz CT molecular complexity index is 846. The molecule has 0 aliphatic carbocycles. The van der Waals surface area contributed by atoms with Crippen molar-refractivity contribution in [3.05, 3.63) is 59.7 Å². The summed E-state index contributed by atoms with van der Waals surface area (Å²) in [6.07, 6.45) is 0. The fraction of sp³-hybridized carbons (Fsp3) is 0.286. The Morgan fingerprint density at radius 3 is 2.18 bits per heavy atom. The zero-order chi connectivity index (χ0) is 20.7. The van der Waals surface area contributed by atoms with Crippen molar-refractivity contribution in [1.82, 2.24) is 5.32 Å². The molecule has 7 nitrogen and oxygen atoms in total. The van der Waals surface area contributed by atoms with Gasteiger partial charge in [-0.25, -0.2) is 4.79 Å². The van der Waals surface area contributed by atoms with Crippen molar-refractivity contribution in [2.24, 2.45) is 5.92 Å². The predicted molar refractivity (Wildman–Crippen MR) is 105 cm³/mol. The van der Waals surface area contributed by atoms with Crippen LogP contribution in [0.15, 0.2) is 48.5 Å². The highest BCUT2D eigenvalue weighted by atomic mass is 16.5. The molecule has 148 valence electrons. The summed E-state index contributed by atoms with van der Waals surface area (Å²) in [6.45, 7) is 3.67. The van der Waals surface area contributed by atoms with E-state index in [1.165, 1.54) is 13.2 Å². The van der Waals surface area contributed by atoms with Crippen molar-refractivity contribution < 1.29 is 23.9 Å². The molecule has 1 atom stereocenters. The third-order valence-electron chi connectivity index (χ3n) is 4.14. The summed E-state index contributed by atoms with van der Waals surface area (Å²) in [5.41, 5.74) is 1.19. The van der Waals surface area contributed by atoms with Crippen LogP contribution in [0.25, 0.3) is 0 Å². The van der Waals surface area contributed by atoms with Gasteiger partial charge < -0.3 is 20.1 Å². The molecule has 0 aliphatic heterocycles. The third-order valence-corrected chi connectivity index (χ3v) is 4.14. The summed E-state index contributed by atoms with van der Waals surface area (Å²) in [5.74, 6) is -0.741. The van der Waals surface area contributed by atoms with Gasteiger partial charge in [-0.2, -0.15) is 0 Å². The largest absolute Gasteiger partial charge is 0.497 e. The Balaban J connectivity index is 2.11. The Morgan fingerprint density at radius 1 is 0.929 bits per heavy atom. The molecule has 0 heterocycles. The lowest BCUT2D eigenvalue weighted by atomic mass is 10.0. The normalized spacial score (nSPS) is 11.5. The van der Waals surface area contributed by atoms with Crippen LogP contribution in [0.4, 0.5) is 5.69 Å². The van der Waals surface area contributed by atoms with Crippen LogP contribution in [0.3, 0.4) is 0 Å². The fourth-order valence-electron chi connectivity index (χ4n) is 2.56. The van der Waals surface area contributed by atoms with Crippen molar-refractivity contribution in [3.8, 4) is 5.75 Å². The lowest BCUT2D eigenvalue weighted by molar-refractivity contribution is -0.118. The number of anilines is 1. The number of amides is 2. The number of rotatable bonds is 7. The standard InChI is InChI=1S/C21H24N2O5/c1-13(2)18(23-19(24)14-8-10-17(27-3)11-9-14)20(25)22-16-7-5-6-15(12-16)21(26)28-4/h5-13,18H,1-4H3,(H,22,25)(H,23,24)/t18-/m0/s1. The van der Waals surface area contributed by atoms with E-state index in [1.807, 2.05) is 13.8 Å². The fourth-order valence-corrected chi connectivity index (χ4v) is 2.56. The highest BCUT2D eigenvalue weighted by Gasteiger charge is 2.25. The minimum absolute atomic E-state index is 0.147. The van der Waals surface area contributed by atoms with Crippen molar-refractivity contribution in [2.45, 2.75) is 19.9 Å². The van der Waals surface area contributed by atoms with E-state index < -0.39 is 12.0 Å². The monoisotopic (exact) mass is 384 g/mol. The second-order valence-electron chi connectivity index (χ2n) is 6.49. The van der Waals surface area contributed by atoms with Gasteiger partial charge in [0.05, 0.1) is 19.8 Å². The van der Waals surface area contributed by atoms with E-state index in [0.717, 1.165) is 0 Å². The molecule has 28 heavy (non-hydrogen) atoms. The zero-order valence-electron chi connectivity index (χ0n) is 16.3. The minimum atomic E-state index is -0.753. The van der Waals surface area contributed by atoms with Crippen molar-refractivity contribution >= 4 is 23.5 Å². The second-order valence-corrected chi connectivity index (χ2v) is 6.49. The molecule has 0 aromatic heterocycles. The molecule has 2 aromatic carbocycles. The van der Waals surface area contributed by atoms with Crippen LogP contribution >= 0.6 is 0 Å². The van der Waals surface area contributed by atoms with Crippen LogP contribution in [0.2, 0.25) is 0 Å². The van der Waals surface area contributed by atoms with Crippen LogP contribution in [-0.2, 0) is 9.53 Å². The molecule has 2 N–H and O–H groups in total. The lowest BCUT2D eigenvalue weighted by Gasteiger charge is -2.22. The molecule has 0 spiro atoms. The summed E-state index contributed by atoms with van der Waals surface area (Å²) in [5, 5.41) is 5.49. The Morgan fingerprint density at radius 2 is 1.61 bits per heavy atom. The van der Waals surface area contributed by atoms with Gasteiger partial charge in [-0.15, -0.1) is 0 Å². The number of carbonyl (C=O) groups excluding carboxylic acids is 3. The molecule has 0 aliphatic rings. The van der Waals surface area contributed by atoms with E-state index in [9.17, 15) is 14.4 Å². The molecule has 7 heteroatoms. The maximum atomic E-state index is 12.7. The van der Waals surface area contributed by atoms with E-state index in [4.69, 9.17) is 4.74 Å². The summed E-state index contributed by atoms with van der Waals surface area (Å²) in [4.78, 5) is 36.9. The Hall–Kier alpha value is -3.35. The molecule has 0 unspecified atom stereocenters. The number of ether oxygens (including phenoxy) is 2. The topological polar surface area (TPSA) is 93.7 Å². The molecule has 2 rings (SSSR count). The molecule has 0 bridgehead atoms.